The fourth-order valence-electron chi connectivity index (χ4n) is 3.00. The van der Waals surface area contributed by atoms with Crippen LogP contribution in [-0.4, -0.2) is 21.0 Å². The monoisotopic (exact) mass is 450 g/mol. The van der Waals surface area contributed by atoms with Gasteiger partial charge in [0.15, 0.2) is 11.7 Å². The normalized spacial score (nSPS) is 11.5. The summed E-state index contributed by atoms with van der Waals surface area (Å²) in [5.41, 5.74) is 2.06. The quantitative estimate of drug-likeness (QED) is 0.392. The van der Waals surface area contributed by atoms with E-state index in [1.54, 1.807) is 24.4 Å². The van der Waals surface area contributed by atoms with Gasteiger partial charge in [-0.3, -0.25) is 4.79 Å². The van der Waals surface area contributed by atoms with Crippen molar-refractivity contribution in [1.29, 1.82) is 0 Å². The second-order valence-electron chi connectivity index (χ2n) is 8.40. The Hall–Kier alpha value is -3.45. The van der Waals surface area contributed by atoms with E-state index < -0.39 is 0 Å². The number of halogens is 1. The maximum atomic E-state index is 12.3. The zero-order valence-corrected chi connectivity index (χ0v) is 18.8. The summed E-state index contributed by atoms with van der Waals surface area (Å²) in [4.78, 5) is 21.0. The topological polar surface area (TPSA) is 94.1 Å². The first-order valence-electron chi connectivity index (χ1n) is 10.2. The van der Waals surface area contributed by atoms with Gasteiger partial charge in [-0.2, -0.15) is 4.98 Å². The third-order valence-electron chi connectivity index (χ3n) is 4.75. The zero-order chi connectivity index (χ0) is 22.7. The van der Waals surface area contributed by atoms with Crippen LogP contribution in [0.15, 0.2) is 63.7 Å². The second-order valence-corrected chi connectivity index (χ2v) is 8.80. The minimum absolute atomic E-state index is 0.134. The second kappa shape index (κ2) is 8.96. The molecule has 0 aliphatic heterocycles. The number of nitrogens with one attached hydrogen (secondary N) is 1. The Morgan fingerprint density at radius 3 is 2.53 bits per heavy atom. The van der Waals surface area contributed by atoms with Gasteiger partial charge in [-0.25, -0.2) is 4.98 Å². The fourth-order valence-corrected chi connectivity index (χ4v) is 3.23. The number of aryl methyl sites for hydroxylation is 1. The van der Waals surface area contributed by atoms with E-state index in [0.29, 0.717) is 40.5 Å². The molecular weight excluding hydrogens is 428 g/mol. The SMILES string of the molecule is CC(C)(C)c1nc(-c2ccc(NC(=O)CCc3ncc(-c4ccccc4Cl)o3)cc2)no1. The molecule has 4 aromatic rings. The van der Waals surface area contributed by atoms with Crippen molar-refractivity contribution in [3.05, 3.63) is 71.5 Å². The lowest BCUT2D eigenvalue weighted by molar-refractivity contribution is -0.116. The predicted molar refractivity (Wildman–Crippen MR) is 122 cm³/mol. The van der Waals surface area contributed by atoms with Crippen molar-refractivity contribution in [1.82, 2.24) is 15.1 Å². The van der Waals surface area contributed by atoms with Crippen molar-refractivity contribution < 1.29 is 13.7 Å². The number of nitrogens with zero attached hydrogens (tertiary/aromatic N) is 3. The molecule has 0 bridgehead atoms. The highest BCUT2D eigenvalue weighted by molar-refractivity contribution is 6.33. The standard InChI is InChI=1S/C24H23ClN4O3/c1-24(2,3)23-28-22(29-32-23)15-8-10-16(11-9-15)27-20(30)12-13-21-26-14-19(31-21)17-6-4-5-7-18(17)25/h4-11,14H,12-13H2,1-3H3,(H,27,30). The molecule has 0 saturated carbocycles. The predicted octanol–water partition coefficient (Wildman–Crippen LogP) is 5.91. The number of carbonyl (C=O) groups excluding carboxylic acids is 1. The molecule has 1 N–H and O–H groups in total. The van der Waals surface area contributed by atoms with Crippen molar-refractivity contribution in [3.63, 3.8) is 0 Å². The molecule has 0 aliphatic carbocycles. The number of carbonyl (C=O) groups is 1. The number of amides is 1. The third kappa shape index (κ3) is 5.06. The molecule has 0 saturated heterocycles. The van der Waals surface area contributed by atoms with E-state index >= 15 is 0 Å². The number of aromatic nitrogens is 3. The van der Waals surface area contributed by atoms with Gasteiger partial charge < -0.3 is 14.3 Å². The first-order chi connectivity index (χ1) is 15.3. The Labute approximate surface area is 190 Å². The van der Waals surface area contributed by atoms with Crippen LogP contribution in [0.1, 0.15) is 39.0 Å². The van der Waals surface area contributed by atoms with E-state index in [9.17, 15) is 4.79 Å². The molecule has 164 valence electrons. The van der Waals surface area contributed by atoms with E-state index in [0.717, 1.165) is 11.1 Å². The molecule has 8 heteroatoms. The van der Waals surface area contributed by atoms with Gasteiger partial charge in [-0.15, -0.1) is 0 Å². The van der Waals surface area contributed by atoms with E-state index in [2.05, 4.69) is 20.4 Å². The Kier molecular flexibility index (Phi) is 6.10. The maximum absolute atomic E-state index is 12.3. The molecule has 0 unspecified atom stereocenters. The van der Waals surface area contributed by atoms with Crippen LogP contribution in [0.3, 0.4) is 0 Å². The number of oxazole rings is 1. The van der Waals surface area contributed by atoms with Crippen LogP contribution in [-0.2, 0) is 16.6 Å². The van der Waals surface area contributed by atoms with Crippen LogP contribution in [0.2, 0.25) is 5.02 Å². The number of hydrogen-bond acceptors (Lipinski definition) is 6. The summed E-state index contributed by atoms with van der Waals surface area (Å²) < 4.78 is 11.1. The molecule has 2 heterocycles. The Balaban J connectivity index is 1.33. The molecule has 1 amide bonds. The van der Waals surface area contributed by atoms with Gasteiger partial charge in [0.25, 0.3) is 0 Å². The Bertz CT molecular complexity index is 1220. The molecule has 2 aromatic heterocycles. The number of benzene rings is 2. The summed E-state index contributed by atoms with van der Waals surface area (Å²) in [6.07, 6.45) is 2.24. The minimum Gasteiger partial charge on any atom is -0.441 e. The molecule has 32 heavy (non-hydrogen) atoms. The number of hydrogen-bond donors (Lipinski definition) is 1. The van der Waals surface area contributed by atoms with Gasteiger partial charge in [0.1, 0.15) is 0 Å². The smallest absolute Gasteiger partial charge is 0.232 e. The fraction of sp³-hybridized carbons (Fsp3) is 0.250. The van der Waals surface area contributed by atoms with Gasteiger partial charge >= 0.3 is 0 Å². The van der Waals surface area contributed by atoms with Crippen molar-refractivity contribution in [2.75, 3.05) is 5.32 Å². The summed E-state index contributed by atoms with van der Waals surface area (Å²) >= 11 is 6.19. The molecule has 0 spiro atoms. The van der Waals surface area contributed by atoms with Crippen LogP contribution < -0.4 is 5.32 Å². The molecule has 0 aliphatic rings. The van der Waals surface area contributed by atoms with E-state index in [1.807, 2.05) is 51.1 Å². The highest BCUT2D eigenvalue weighted by Crippen LogP contribution is 2.28. The molecule has 2 aromatic carbocycles. The summed E-state index contributed by atoms with van der Waals surface area (Å²) in [5, 5.41) is 7.50. The van der Waals surface area contributed by atoms with E-state index in [-0.39, 0.29) is 17.7 Å². The number of rotatable bonds is 6. The summed E-state index contributed by atoms with van der Waals surface area (Å²) in [5.74, 6) is 2.03. The third-order valence-corrected chi connectivity index (χ3v) is 5.08. The van der Waals surface area contributed by atoms with Gasteiger partial charge in [0, 0.05) is 35.1 Å². The molecule has 0 fully saturated rings. The average molecular weight is 451 g/mol. The number of anilines is 1. The molecule has 7 nitrogen and oxygen atoms in total. The first kappa shape index (κ1) is 21.8. The lowest BCUT2D eigenvalue weighted by Crippen LogP contribution is -2.12. The lowest BCUT2D eigenvalue weighted by atomic mass is 9.97. The van der Waals surface area contributed by atoms with Crippen LogP contribution >= 0.6 is 11.6 Å². The highest BCUT2D eigenvalue weighted by atomic mass is 35.5. The average Bonchev–Trinajstić information content (AvgIpc) is 3.43. The molecule has 0 radical (unpaired) electrons. The molecular formula is C24H23ClN4O3. The van der Waals surface area contributed by atoms with Gasteiger partial charge in [0.05, 0.1) is 11.2 Å². The minimum atomic E-state index is -0.212. The van der Waals surface area contributed by atoms with Crippen molar-refractivity contribution in [2.24, 2.45) is 0 Å². The zero-order valence-electron chi connectivity index (χ0n) is 18.1. The first-order valence-corrected chi connectivity index (χ1v) is 10.6. The van der Waals surface area contributed by atoms with Gasteiger partial charge in [-0.05, 0) is 36.4 Å². The Morgan fingerprint density at radius 1 is 1.09 bits per heavy atom. The van der Waals surface area contributed by atoms with Gasteiger partial charge in [0.2, 0.25) is 17.6 Å². The van der Waals surface area contributed by atoms with Crippen molar-refractivity contribution in [3.8, 4) is 22.7 Å². The Morgan fingerprint density at radius 2 is 1.84 bits per heavy atom. The summed E-state index contributed by atoms with van der Waals surface area (Å²) in [6, 6.07) is 14.7. The molecule has 0 atom stereocenters. The van der Waals surface area contributed by atoms with Crippen molar-refractivity contribution >= 4 is 23.2 Å². The van der Waals surface area contributed by atoms with Crippen LogP contribution in [0.25, 0.3) is 22.7 Å². The highest BCUT2D eigenvalue weighted by Gasteiger charge is 2.22. The summed E-state index contributed by atoms with van der Waals surface area (Å²) in [7, 11) is 0. The van der Waals surface area contributed by atoms with E-state index in [1.165, 1.54) is 0 Å². The van der Waals surface area contributed by atoms with Gasteiger partial charge in [-0.1, -0.05) is 49.7 Å². The largest absolute Gasteiger partial charge is 0.441 e. The van der Waals surface area contributed by atoms with Crippen LogP contribution in [0.5, 0.6) is 0 Å². The van der Waals surface area contributed by atoms with Crippen LogP contribution in [0, 0.1) is 0 Å². The van der Waals surface area contributed by atoms with Crippen LogP contribution in [0.4, 0.5) is 5.69 Å². The molecule has 4 rings (SSSR count). The summed E-state index contributed by atoms with van der Waals surface area (Å²) in [6.45, 7) is 6.04. The van der Waals surface area contributed by atoms with E-state index in [4.69, 9.17) is 20.5 Å². The lowest BCUT2D eigenvalue weighted by Gasteiger charge is -2.10. The van der Waals surface area contributed by atoms with Crippen molar-refractivity contribution in [2.45, 2.75) is 39.0 Å². The maximum Gasteiger partial charge on any atom is 0.232 e.